The van der Waals surface area contributed by atoms with Gasteiger partial charge in [0.1, 0.15) is 24.5 Å². The highest BCUT2D eigenvalue weighted by Crippen LogP contribution is 2.30. The first-order chi connectivity index (χ1) is 18.1. The second-order valence-electron chi connectivity index (χ2n) is 9.10. The minimum absolute atomic E-state index is 0.0117. The predicted molar refractivity (Wildman–Crippen MR) is 141 cm³/mol. The number of hydrogen-bond acceptors (Lipinski definition) is 6. The zero-order valence-corrected chi connectivity index (χ0v) is 20.1. The van der Waals surface area contributed by atoms with Crippen molar-refractivity contribution >= 4 is 33.7 Å². The third-order valence-electron chi connectivity index (χ3n) is 6.73. The third kappa shape index (κ3) is 4.75. The van der Waals surface area contributed by atoms with Gasteiger partial charge in [0.05, 0.1) is 27.9 Å². The summed E-state index contributed by atoms with van der Waals surface area (Å²) >= 11 is 0. The second kappa shape index (κ2) is 9.77. The van der Waals surface area contributed by atoms with Crippen LogP contribution in [0.3, 0.4) is 0 Å². The lowest BCUT2D eigenvalue weighted by Crippen LogP contribution is -2.44. The minimum Gasteiger partial charge on any atom is -0.487 e. The Balaban J connectivity index is 1.26. The Hall–Kier alpha value is -4.66. The average molecular weight is 495 g/mol. The molecule has 6 rings (SSSR count). The van der Waals surface area contributed by atoms with Crippen LogP contribution in [0.4, 0.5) is 10.5 Å². The Morgan fingerprint density at radius 3 is 2.73 bits per heavy atom. The molecule has 9 nitrogen and oxygen atoms in total. The molecule has 9 heteroatoms. The highest BCUT2D eigenvalue weighted by molar-refractivity contribution is 5.92. The molecule has 5 aromatic rings. The number of piperidine rings is 1. The van der Waals surface area contributed by atoms with Crippen molar-refractivity contribution in [3.05, 3.63) is 84.9 Å². The van der Waals surface area contributed by atoms with Crippen molar-refractivity contribution in [1.29, 1.82) is 0 Å². The minimum atomic E-state index is -0.964. The van der Waals surface area contributed by atoms with Gasteiger partial charge in [-0.15, -0.1) is 0 Å². The number of pyridine rings is 2. The summed E-state index contributed by atoms with van der Waals surface area (Å²) < 4.78 is 7.90. The topological polar surface area (TPSA) is 105 Å². The van der Waals surface area contributed by atoms with Crippen LogP contribution < -0.4 is 15.0 Å². The molecule has 2 N–H and O–H groups in total. The average Bonchev–Trinajstić information content (AvgIpc) is 3.35. The fourth-order valence-electron chi connectivity index (χ4n) is 4.86. The molecular weight excluding hydrogens is 468 g/mol. The number of benzene rings is 2. The van der Waals surface area contributed by atoms with Gasteiger partial charge >= 0.3 is 6.09 Å². The molecule has 3 aromatic heterocycles. The van der Waals surface area contributed by atoms with Crippen LogP contribution in [0.5, 0.6) is 5.75 Å². The largest absolute Gasteiger partial charge is 0.487 e. The van der Waals surface area contributed by atoms with Crippen molar-refractivity contribution in [1.82, 2.24) is 24.8 Å². The van der Waals surface area contributed by atoms with E-state index in [-0.39, 0.29) is 6.04 Å². The summed E-state index contributed by atoms with van der Waals surface area (Å²) in [5.74, 6) is 1.52. The summed E-state index contributed by atoms with van der Waals surface area (Å²) in [7, 11) is 0. The summed E-state index contributed by atoms with van der Waals surface area (Å²) in [4.78, 5) is 27.2. The maximum atomic E-state index is 11.0. The molecular formula is C28H26N6O3. The van der Waals surface area contributed by atoms with Crippen LogP contribution >= 0.6 is 0 Å². The third-order valence-corrected chi connectivity index (χ3v) is 6.73. The number of anilines is 1. The molecule has 37 heavy (non-hydrogen) atoms. The van der Waals surface area contributed by atoms with Crippen LogP contribution in [0.2, 0.25) is 0 Å². The molecule has 2 aromatic carbocycles. The molecule has 186 valence electrons. The van der Waals surface area contributed by atoms with E-state index in [1.165, 1.54) is 0 Å². The summed E-state index contributed by atoms with van der Waals surface area (Å²) in [5, 5.41) is 12.7. The number of amides is 1. The van der Waals surface area contributed by atoms with Gasteiger partial charge in [-0.3, -0.25) is 9.55 Å². The fraction of sp³-hybridized carbons (Fsp3) is 0.214. The quantitative estimate of drug-likeness (QED) is 0.350. The Morgan fingerprint density at radius 2 is 1.92 bits per heavy atom. The monoisotopic (exact) mass is 494 g/mol. The van der Waals surface area contributed by atoms with E-state index in [4.69, 9.17) is 14.8 Å². The van der Waals surface area contributed by atoms with Gasteiger partial charge in [0, 0.05) is 36.8 Å². The smallest absolute Gasteiger partial charge is 0.404 e. The van der Waals surface area contributed by atoms with Gasteiger partial charge in [0.2, 0.25) is 0 Å². The zero-order chi connectivity index (χ0) is 25.2. The van der Waals surface area contributed by atoms with E-state index in [1.54, 1.807) is 12.5 Å². The van der Waals surface area contributed by atoms with Crippen LogP contribution in [0.1, 0.15) is 18.5 Å². The van der Waals surface area contributed by atoms with E-state index < -0.39 is 6.09 Å². The van der Waals surface area contributed by atoms with E-state index >= 15 is 0 Å². The van der Waals surface area contributed by atoms with Crippen LogP contribution in [0, 0.1) is 0 Å². The number of para-hydroxylation sites is 1. The van der Waals surface area contributed by atoms with Crippen molar-refractivity contribution in [2.75, 3.05) is 18.0 Å². The Labute approximate surface area is 213 Å². The molecule has 1 amide bonds. The number of fused-ring (bicyclic) bond motifs is 2. The predicted octanol–water partition coefficient (Wildman–Crippen LogP) is 4.78. The van der Waals surface area contributed by atoms with Gasteiger partial charge in [0.15, 0.2) is 0 Å². The fourth-order valence-corrected chi connectivity index (χ4v) is 4.86. The van der Waals surface area contributed by atoms with Crippen LogP contribution in [0.15, 0.2) is 79.3 Å². The van der Waals surface area contributed by atoms with Gasteiger partial charge in [-0.05, 0) is 55.3 Å². The number of hydrogen-bond donors (Lipinski definition) is 2. The Bertz CT molecular complexity index is 1560. The lowest BCUT2D eigenvalue weighted by Gasteiger charge is -2.33. The van der Waals surface area contributed by atoms with E-state index in [2.05, 4.69) is 38.4 Å². The van der Waals surface area contributed by atoms with Crippen molar-refractivity contribution < 1.29 is 14.6 Å². The molecule has 0 spiro atoms. The zero-order valence-electron chi connectivity index (χ0n) is 20.1. The Kier molecular flexibility index (Phi) is 6.02. The summed E-state index contributed by atoms with van der Waals surface area (Å²) in [6.45, 7) is 1.93. The van der Waals surface area contributed by atoms with Gasteiger partial charge < -0.3 is 20.1 Å². The Morgan fingerprint density at radius 1 is 1.03 bits per heavy atom. The molecule has 0 saturated carbocycles. The van der Waals surface area contributed by atoms with Crippen LogP contribution in [-0.4, -0.2) is 49.9 Å². The SMILES string of the molecule is O=C(O)NC1CCN(c2cccc3ccc(-n4cnc5cc(OCc6ccccn6)ccc54)nc23)CC1. The van der Waals surface area contributed by atoms with Gasteiger partial charge in [-0.1, -0.05) is 18.2 Å². The van der Waals surface area contributed by atoms with Crippen molar-refractivity contribution in [3.8, 4) is 11.6 Å². The number of aromatic nitrogens is 4. The molecule has 0 aliphatic carbocycles. The van der Waals surface area contributed by atoms with Crippen LogP contribution in [-0.2, 0) is 6.61 Å². The lowest BCUT2D eigenvalue weighted by atomic mass is 10.0. The molecule has 4 heterocycles. The number of rotatable bonds is 6. The molecule has 0 radical (unpaired) electrons. The first-order valence-corrected chi connectivity index (χ1v) is 12.3. The molecule has 1 aliphatic heterocycles. The van der Waals surface area contributed by atoms with E-state index in [1.807, 2.05) is 53.1 Å². The number of imidazole rings is 1. The molecule has 0 unspecified atom stereocenters. The molecule has 0 atom stereocenters. The van der Waals surface area contributed by atoms with Crippen molar-refractivity contribution in [2.24, 2.45) is 0 Å². The highest BCUT2D eigenvalue weighted by Gasteiger charge is 2.22. The first-order valence-electron chi connectivity index (χ1n) is 12.3. The van der Waals surface area contributed by atoms with E-state index in [9.17, 15) is 4.79 Å². The number of carbonyl (C=O) groups is 1. The van der Waals surface area contributed by atoms with E-state index in [0.29, 0.717) is 6.61 Å². The molecule has 0 bridgehead atoms. The van der Waals surface area contributed by atoms with Crippen molar-refractivity contribution in [3.63, 3.8) is 0 Å². The van der Waals surface area contributed by atoms with Crippen LogP contribution in [0.25, 0.3) is 27.8 Å². The lowest BCUT2D eigenvalue weighted by molar-refractivity contribution is 0.187. The first kappa shape index (κ1) is 22.8. The standard InChI is InChI=1S/C28H26N6O3/c35-28(36)31-20-11-14-33(15-12-20)25-6-3-4-19-7-10-26(32-27(19)25)34-18-30-23-16-22(8-9-24(23)34)37-17-21-5-1-2-13-29-21/h1-10,13,16,18,20,31H,11-12,14-15,17H2,(H,35,36). The number of nitrogens with one attached hydrogen (secondary N) is 1. The number of nitrogens with zero attached hydrogens (tertiary/aromatic N) is 5. The summed E-state index contributed by atoms with van der Waals surface area (Å²) in [6.07, 6.45) is 4.10. The van der Waals surface area contributed by atoms with Gasteiger partial charge in [-0.2, -0.15) is 0 Å². The van der Waals surface area contributed by atoms with Gasteiger partial charge in [0.25, 0.3) is 0 Å². The normalized spacial score (nSPS) is 14.2. The molecule has 1 aliphatic rings. The number of ether oxygens (including phenoxy) is 1. The summed E-state index contributed by atoms with van der Waals surface area (Å²) in [5.41, 5.74) is 4.60. The van der Waals surface area contributed by atoms with Crippen molar-refractivity contribution in [2.45, 2.75) is 25.5 Å². The highest BCUT2D eigenvalue weighted by atomic mass is 16.5. The molecule has 1 saturated heterocycles. The van der Waals surface area contributed by atoms with E-state index in [0.717, 1.165) is 70.8 Å². The number of carboxylic acid groups (broad SMARTS) is 1. The maximum absolute atomic E-state index is 11.0. The van der Waals surface area contributed by atoms with Gasteiger partial charge in [-0.25, -0.2) is 14.8 Å². The molecule has 1 fully saturated rings. The summed E-state index contributed by atoms with van der Waals surface area (Å²) in [6, 6.07) is 21.9. The maximum Gasteiger partial charge on any atom is 0.404 e. The second-order valence-corrected chi connectivity index (χ2v) is 9.10.